The second-order valence-electron chi connectivity index (χ2n) is 5.63. The van der Waals surface area contributed by atoms with Gasteiger partial charge in [0.25, 0.3) is 5.91 Å². The lowest BCUT2D eigenvalue weighted by atomic mass is 9.92. The third-order valence-electron chi connectivity index (χ3n) is 3.51. The van der Waals surface area contributed by atoms with Crippen molar-refractivity contribution < 1.29 is 14.6 Å². The molecule has 20 heavy (non-hydrogen) atoms. The van der Waals surface area contributed by atoms with Crippen molar-refractivity contribution >= 4 is 5.91 Å². The number of hydrogen-bond donors (Lipinski definition) is 2. The lowest BCUT2D eigenvalue weighted by Crippen LogP contribution is -2.45. The molecule has 4 nitrogen and oxygen atoms in total. The van der Waals surface area contributed by atoms with Gasteiger partial charge in [-0.25, -0.2) is 0 Å². The maximum Gasteiger partial charge on any atom is 0.251 e. The minimum absolute atomic E-state index is 0.0773. The predicted octanol–water partition coefficient (Wildman–Crippen LogP) is 2.51. The lowest BCUT2D eigenvalue weighted by Gasteiger charge is -2.28. The number of carbonyl (C=O) groups is 1. The maximum atomic E-state index is 12.2. The van der Waals surface area contributed by atoms with E-state index in [0.717, 1.165) is 25.7 Å². The average molecular weight is 277 g/mol. The predicted molar refractivity (Wildman–Crippen MR) is 77.9 cm³/mol. The van der Waals surface area contributed by atoms with Gasteiger partial charge in [0.1, 0.15) is 5.75 Å². The third-order valence-corrected chi connectivity index (χ3v) is 3.51. The number of carbonyl (C=O) groups excluding carboxylic acids is 1. The third kappa shape index (κ3) is 3.97. The molecule has 1 amide bonds. The first kappa shape index (κ1) is 14.9. The summed E-state index contributed by atoms with van der Waals surface area (Å²) in [6.45, 7) is 3.90. The number of benzene rings is 1. The van der Waals surface area contributed by atoms with Crippen LogP contribution in [0.15, 0.2) is 24.3 Å². The quantitative estimate of drug-likeness (QED) is 0.889. The molecular formula is C16H23NO3. The largest absolute Gasteiger partial charge is 0.491 e. The molecule has 0 radical (unpaired) electrons. The van der Waals surface area contributed by atoms with Gasteiger partial charge in [-0.15, -0.1) is 0 Å². The Hall–Kier alpha value is -1.55. The summed E-state index contributed by atoms with van der Waals surface area (Å²) < 4.78 is 5.59. The van der Waals surface area contributed by atoms with E-state index in [1.807, 2.05) is 26.0 Å². The Kier molecular flexibility index (Phi) is 5.01. The fourth-order valence-electron chi connectivity index (χ4n) is 2.51. The Balaban J connectivity index is 2.01. The Morgan fingerprint density at radius 3 is 2.80 bits per heavy atom. The highest BCUT2D eigenvalue weighted by molar-refractivity contribution is 5.94. The number of ether oxygens (including phenoxy) is 1. The summed E-state index contributed by atoms with van der Waals surface area (Å²) in [7, 11) is 0. The molecule has 0 unspecified atom stereocenters. The first-order valence-corrected chi connectivity index (χ1v) is 7.32. The fourth-order valence-corrected chi connectivity index (χ4v) is 2.51. The summed E-state index contributed by atoms with van der Waals surface area (Å²) >= 11 is 0. The molecule has 0 saturated heterocycles. The molecule has 1 fully saturated rings. The molecule has 2 atom stereocenters. The first-order valence-electron chi connectivity index (χ1n) is 7.32. The van der Waals surface area contributed by atoms with Crippen LogP contribution < -0.4 is 10.1 Å². The van der Waals surface area contributed by atoms with Crippen LogP contribution >= 0.6 is 0 Å². The zero-order valence-corrected chi connectivity index (χ0v) is 12.1. The van der Waals surface area contributed by atoms with Crippen LogP contribution in [0.4, 0.5) is 0 Å². The van der Waals surface area contributed by atoms with Crippen LogP contribution in [0.5, 0.6) is 5.75 Å². The molecule has 2 N–H and O–H groups in total. The van der Waals surface area contributed by atoms with Gasteiger partial charge in [-0.3, -0.25) is 4.79 Å². The molecule has 0 heterocycles. The van der Waals surface area contributed by atoms with Gasteiger partial charge < -0.3 is 15.2 Å². The molecule has 1 aromatic rings. The van der Waals surface area contributed by atoms with E-state index < -0.39 is 6.10 Å². The number of rotatable bonds is 4. The van der Waals surface area contributed by atoms with Crippen molar-refractivity contribution in [2.75, 3.05) is 0 Å². The van der Waals surface area contributed by atoms with E-state index in [4.69, 9.17) is 4.74 Å². The molecule has 0 spiro atoms. The van der Waals surface area contributed by atoms with Gasteiger partial charge in [0.05, 0.1) is 18.2 Å². The molecule has 2 rings (SSSR count). The van der Waals surface area contributed by atoms with Crippen LogP contribution in [0.1, 0.15) is 49.9 Å². The highest BCUT2D eigenvalue weighted by atomic mass is 16.5. The van der Waals surface area contributed by atoms with Gasteiger partial charge in [-0.05, 0) is 44.9 Å². The molecule has 1 aliphatic carbocycles. The Morgan fingerprint density at radius 1 is 1.35 bits per heavy atom. The smallest absolute Gasteiger partial charge is 0.251 e. The maximum absolute atomic E-state index is 12.2. The molecule has 0 aromatic heterocycles. The van der Waals surface area contributed by atoms with Crippen molar-refractivity contribution in [2.45, 2.75) is 57.8 Å². The van der Waals surface area contributed by atoms with E-state index in [2.05, 4.69) is 5.32 Å². The fraction of sp³-hybridized carbons (Fsp3) is 0.562. The average Bonchev–Trinajstić information content (AvgIpc) is 2.41. The van der Waals surface area contributed by atoms with E-state index >= 15 is 0 Å². The number of aliphatic hydroxyl groups is 1. The Labute approximate surface area is 120 Å². The lowest BCUT2D eigenvalue weighted by molar-refractivity contribution is 0.0717. The summed E-state index contributed by atoms with van der Waals surface area (Å²) in [6.07, 6.45) is 3.34. The van der Waals surface area contributed by atoms with Crippen molar-refractivity contribution in [1.82, 2.24) is 5.32 Å². The van der Waals surface area contributed by atoms with E-state index in [-0.39, 0.29) is 18.1 Å². The number of amides is 1. The zero-order chi connectivity index (χ0) is 14.5. The molecular weight excluding hydrogens is 254 g/mol. The number of aliphatic hydroxyl groups excluding tert-OH is 1. The van der Waals surface area contributed by atoms with Crippen LogP contribution in [-0.2, 0) is 0 Å². The second kappa shape index (κ2) is 6.75. The summed E-state index contributed by atoms with van der Waals surface area (Å²) in [5.41, 5.74) is 0.570. The molecule has 0 bridgehead atoms. The summed E-state index contributed by atoms with van der Waals surface area (Å²) in [5.74, 6) is 0.544. The minimum atomic E-state index is -0.428. The van der Waals surface area contributed by atoms with E-state index in [0.29, 0.717) is 11.3 Å². The summed E-state index contributed by atoms with van der Waals surface area (Å²) in [6, 6.07) is 7.02. The van der Waals surface area contributed by atoms with Crippen molar-refractivity contribution in [3.8, 4) is 5.75 Å². The molecule has 0 aliphatic heterocycles. The minimum Gasteiger partial charge on any atom is -0.491 e. The summed E-state index contributed by atoms with van der Waals surface area (Å²) in [4.78, 5) is 12.2. The number of nitrogens with one attached hydrogen (secondary N) is 1. The topological polar surface area (TPSA) is 58.6 Å². The van der Waals surface area contributed by atoms with Crippen molar-refractivity contribution in [3.05, 3.63) is 29.8 Å². The monoisotopic (exact) mass is 277 g/mol. The normalized spacial score (nSPS) is 22.6. The van der Waals surface area contributed by atoms with Gasteiger partial charge >= 0.3 is 0 Å². The highest BCUT2D eigenvalue weighted by Crippen LogP contribution is 2.20. The van der Waals surface area contributed by atoms with Crippen molar-refractivity contribution in [2.24, 2.45) is 0 Å². The molecule has 110 valence electrons. The van der Waals surface area contributed by atoms with Gasteiger partial charge in [-0.2, -0.15) is 0 Å². The van der Waals surface area contributed by atoms with Gasteiger partial charge in [0.15, 0.2) is 0 Å². The Morgan fingerprint density at radius 2 is 2.10 bits per heavy atom. The summed E-state index contributed by atoms with van der Waals surface area (Å²) in [5, 5.41) is 12.8. The van der Waals surface area contributed by atoms with Crippen LogP contribution in [0, 0.1) is 0 Å². The molecule has 1 aliphatic rings. The molecule has 1 saturated carbocycles. The van der Waals surface area contributed by atoms with Gasteiger partial charge in [0, 0.05) is 5.56 Å². The van der Waals surface area contributed by atoms with Crippen LogP contribution in [0.25, 0.3) is 0 Å². The molecule has 4 heteroatoms. The number of hydrogen-bond acceptors (Lipinski definition) is 3. The van der Waals surface area contributed by atoms with Crippen LogP contribution in [0.3, 0.4) is 0 Å². The standard InChI is InChI=1S/C16H23NO3/c1-11(2)20-13-7-5-6-12(10-13)16(19)17-14-8-3-4-9-15(14)18/h5-7,10-11,14-15,18H,3-4,8-9H2,1-2H3,(H,17,19)/t14-,15-/m0/s1. The van der Waals surface area contributed by atoms with Crippen molar-refractivity contribution in [1.29, 1.82) is 0 Å². The van der Waals surface area contributed by atoms with E-state index in [1.54, 1.807) is 12.1 Å². The Bertz CT molecular complexity index is 459. The van der Waals surface area contributed by atoms with Crippen molar-refractivity contribution in [3.63, 3.8) is 0 Å². The van der Waals surface area contributed by atoms with Crippen LogP contribution in [0.2, 0.25) is 0 Å². The second-order valence-corrected chi connectivity index (χ2v) is 5.63. The highest BCUT2D eigenvalue weighted by Gasteiger charge is 2.24. The van der Waals surface area contributed by atoms with E-state index in [9.17, 15) is 9.90 Å². The van der Waals surface area contributed by atoms with E-state index in [1.165, 1.54) is 0 Å². The van der Waals surface area contributed by atoms with Gasteiger partial charge in [-0.1, -0.05) is 18.9 Å². The van der Waals surface area contributed by atoms with Crippen LogP contribution in [-0.4, -0.2) is 29.3 Å². The molecule has 1 aromatic carbocycles. The SMILES string of the molecule is CC(C)Oc1cccc(C(=O)N[C@H]2CCCC[C@@H]2O)c1. The van der Waals surface area contributed by atoms with Gasteiger partial charge in [0.2, 0.25) is 0 Å². The first-order chi connectivity index (χ1) is 9.56. The zero-order valence-electron chi connectivity index (χ0n) is 12.1.